The van der Waals surface area contributed by atoms with E-state index in [0.717, 1.165) is 5.56 Å². The second-order valence-corrected chi connectivity index (χ2v) is 7.63. The number of aliphatic hydroxyl groups excluding tert-OH is 1. The summed E-state index contributed by atoms with van der Waals surface area (Å²) in [6, 6.07) is 16.1. The van der Waals surface area contributed by atoms with Crippen molar-refractivity contribution in [3.05, 3.63) is 101 Å². The van der Waals surface area contributed by atoms with Gasteiger partial charge < -0.3 is 19.5 Å². The molecule has 0 unspecified atom stereocenters. The van der Waals surface area contributed by atoms with Crippen LogP contribution in [0.25, 0.3) is 5.57 Å². The summed E-state index contributed by atoms with van der Waals surface area (Å²) < 4.78 is 38.9. The van der Waals surface area contributed by atoms with E-state index in [-0.39, 0.29) is 17.7 Å². The Bertz CT molecular complexity index is 1210. The Morgan fingerprint density at radius 2 is 1.64 bits per heavy atom. The van der Waals surface area contributed by atoms with Crippen LogP contribution in [0.1, 0.15) is 22.7 Å². The van der Waals surface area contributed by atoms with Crippen molar-refractivity contribution in [1.29, 1.82) is 0 Å². The lowest BCUT2D eigenvalue weighted by Gasteiger charge is -2.28. The number of hydrogen-bond acceptors (Lipinski definition) is 4. The molecule has 0 spiro atoms. The molecule has 0 aliphatic carbocycles. The molecule has 0 saturated heterocycles. The lowest BCUT2D eigenvalue weighted by atomic mass is 9.93. The van der Waals surface area contributed by atoms with Crippen molar-refractivity contribution in [3.63, 3.8) is 0 Å². The molecule has 1 N–H and O–H groups in total. The Morgan fingerprint density at radius 3 is 2.30 bits per heavy atom. The molecule has 3 aromatic rings. The van der Waals surface area contributed by atoms with Crippen molar-refractivity contribution in [2.24, 2.45) is 0 Å². The van der Waals surface area contributed by atoms with Crippen LogP contribution < -0.4 is 9.47 Å². The molecule has 0 bridgehead atoms. The molecule has 1 amide bonds. The van der Waals surface area contributed by atoms with E-state index in [2.05, 4.69) is 0 Å². The van der Waals surface area contributed by atoms with Crippen LogP contribution in [0.15, 0.2) is 72.5 Å². The first-order valence-electron chi connectivity index (χ1n) is 10.4. The standard InChI is InChI=1S/C26H23F2NO4/c1-32-21-12-7-16(15-22(21)33-2)13-14-29-24(19-5-3-4-6-20(19)28)23(25(30)26(29)31)17-8-10-18(27)11-9-17/h3-12,15,24,30H,13-14H2,1-2H3/t24-/m0/s1. The second-order valence-electron chi connectivity index (χ2n) is 7.63. The molecular formula is C26H23F2NO4. The second kappa shape index (κ2) is 9.32. The average Bonchev–Trinajstić information content (AvgIpc) is 3.08. The van der Waals surface area contributed by atoms with E-state index in [0.29, 0.717) is 23.5 Å². The van der Waals surface area contributed by atoms with Gasteiger partial charge in [-0.25, -0.2) is 8.78 Å². The highest BCUT2D eigenvalue weighted by Crippen LogP contribution is 2.43. The van der Waals surface area contributed by atoms with Crippen LogP contribution in [0.4, 0.5) is 8.78 Å². The summed E-state index contributed by atoms with van der Waals surface area (Å²) in [4.78, 5) is 14.5. The summed E-state index contributed by atoms with van der Waals surface area (Å²) >= 11 is 0. The first-order chi connectivity index (χ1) is 15.9. The van der Waals surface area contributed by atoms with Crippen LogP contribution in [0.5, 0.6) is 11.5 Å². The van der Waals surface area contributed by atoms with E-state index in [4.69, 9.17) is 9.47 Å². The van der Waals surface area contributed by atoms with Gasteiger partial charge in [0.1, 0.15) is 11.6 Å². The highest BCUT2D eigenvalue weighted by molar-refractivity contribution is 6.05. The Balaban J connectivity index is 1.70. The number of rotatable bonds is 7. The highest BCUT2D eigenvalue weighted by atomic mass is 19.1. The highest BCUT2D eigenvalue weighted by Gasteiger charge is 2.41. The normalized spacial score (nSPS) is 15.8. The van der Waals surface area contributed by atoms with Gasteiger partial charge in [-0.05, 0) is 47.9 Å². The van der Waals surface area contributed by atoms with Crippen molar-refractivity contribution >= 4 is 11.5 Å². The van der Waals surface area contributed by atoms with E-state index in [9.17, 15) is 18.7 Å². The molecular weight excluding hydrogens is 428 g/mol. The summed E-state index contributed by atoms with van der Waals surface area (Å²) in [6.45, 7) is 0.210. The topological polar surface area (TPSA) is 59.0 Å². The molecule has 3 aromatic carbocycles. The fourth-order valence-electron chi connectivity index (χ4n) is 4.11. The number of halogens is 2. The van der Waals surface area contributed by atoms with Crippen LogP contribution in [0.3, 0.4) is 0 Å². The number of nitrogens with zero attached hydrogens (tertiary/aromatic N) is 1. The molecule has 33 heavy (non-hydrogen) atoms. The molecule has 0 saturated carbocycles. The lowest BCUT2D eigenvalue weighted by molar-refractivity contribution is -0.129. The van der Waals surface area contributed by atoms with Crippen LogP contribution in [-0.4, -0.2) is 36.7 Å². The SMILES string of the molecule is COc1ccc(CCN2C(=O)C(O)=C(c3ccc(F)cc3)[C@@H]2c2ccccc2F)cc1OC. The van der Waals surface area contributed by atoms with E-state index >= 15 is 0 Å². The van der Waals surface area contributed by atoms with Gasteiger partial charge in [0.05, 0.1) is 20.3 Å². The van der Waals surface area contributed by atoms with Crippen LogP contribution >= 0.6 is 0 Å². The van der Waals surface area contributed by atoms with Crippen LogP contribution in [-0.2, 0) is 11.2 Å². The van der Waals surface area contributed by atoms with Crippen LogP contribution in [0.2, 0.25) is 0 Å². The Labute approximate surface area is 190 Å². The minimum atomic E-state index is -0.857. The minimum absolute atomic E-state index is 0.210. The summed E-state index contributed by atoms with van der Waals surface area (Å²) in [5, 5.41) is 10.8. The first kappa shape index (κ1) is 22.3. The van der Waals surface area contributed by atoms with Crippen molar-refractivity contribution in [2.45, 2.75) is 12.5 Å². The largest absolute Gasteiger partial charge is 0.503 e. The average molecular weight is 451 g/mol. The molecule has 170 valence electrons. The van der Waals surface area contributed by atoms with E-state index in [1.807, 2.05) is 12.1 Å². The molecule has 1 aliphatic heterocycles. The van der Waals surface area contributed by atoms with Crippen molar-refractivity contribution in [1.82, 2.24) is 4.90 Å². The quantitative estimate of drug-likeness (QED) is 0.545. The van der Waals surface area contributed by atoms with Crippen molar-refractivity contribution in [3.8, 4) is 11.5 Å². The lowest BCUT2D eigenvalue weighted by Crippen LogP contribution is -2.32. The molecule has 0 fully saturated rings. The molecule has 1 heterocycles. The molecule has 5 nitrogen and oxygen atoms in total. The van der Waals surface area contributed by atoms with E-state index < -0.39 is 29.3 Å². The number of methoxy groups -OCH3 is 2. The van der Waals surface area contributed by atoms with Crippen molar-refractivity contribution in [2.75, 3.05) is 20.8 Å². The zero-order valence-electron chi connectivity index (χ0n) is 18.2. The van der Waals surface area contributed by atoms with Gasteiger partial charge in [0.2, 0.25) is 0 Å². The number of aliphatic hydroxyl groups is 1. The van der Waals surface area contributed by atoms with E-state index in [1.54, 1.807) is 31.4 Å². The van der Waals surface area contributed by atoms with E-state index in [1.165, 1.54) is 42.3 Å². The maximum atomic E-state index is 14.8. The van der Waals surface area contributed by atoms with Gasteiger partial charge in [0.25, 0.3) is 5.91 Å². The Kier molecular flexibility index (Phi) is 6.31. The number of benzene rings is 3. The zero-order valence-corrected chi connectivity index (χ0v) is 18.2. The minimum Gasteiger partial charge on any atom is -0.503 e. The summed E-state index contributed by atoms with van der Waals surface area (Å²) in [5.74, 6) is -0.885. The number of hydrogen-bond donors (Lipinski definition) is 1. The summed E-state index contributed by atoms with van der Waals surface area (Å²) in [5.41, 5.74) is 1.82. The summed E-state index contributed by atoms with van der Waals surface area (Å²) in [7, 11) is 3.08. The fraction of sp³-hybridized carbons (Fsp3) is 0.192. The summed E-state index contributed by atoms with van der Waals surface area (Å²) in [6.07, 6.45) is 0.432. The van der Waals surface area contributed by atoms with Gasteiger partial charge in [-0.3, -0.25) is 4.79 Å². The van der Waals surface area contributed by atoms with Crippen LogP contribution in [0, 0.1) is 11.6 Å². The molecule has 4 rings (SSSR count). The smallest absolute Gasteiger partial charge is 0.289 e. The first-order valence-corrected chi connectivity index (χ1v) is 10.4. The maximum absolute atomic E-state index is 14.8. The third-order valence-corrected chi connectivity index (χ3v) is 5.75. The Hall–Kier alpha value is -3.87. The molecule has 1 aliphatic rings. The van der Waals surface area contributed by atoms with Gasteiger partial charge in [-0.2, -0.15) is 0 Å². The predicted octanol–water partition coefficient (Wildman–Crippen LogP) is 5.08. The van der Waals surface area contributed by atoms with Crippen molar-refractivity contribution < 1.29 is 28.2 Å². The molecule has 7 heteroatoms. The predicted molar refractivity (Wildman–Crippen MR) is 120 cm³/mol. The Morgan fingerprint density at radius 1 is 0.939 bits per heavy atom. The molecule has 1 atom stereocenters. The van der Waals surface area contributed by atoms with Gasteiger partial charge in [0, 0.05) is 17.7 Å². The van der Waals surface area contributed by atoms with Gasteiger partial charge >= 0.3 is 0 Å². The number of carbonyl (C=O) groups excluding carboxylic acids is 1. The fourth-order valence-corrected chi connectivity index (χ4v) is 4.11. The third-order valence-electron chi connectivity index (χ3n) is 5.75. The number of ether oxygens (including phenoxy) is 2. The number of carbonyl (C=O) groups is 1. The van der Waals surface area contributed by atoms with Gasteiger partial charge in [0.15, 0.2) is 17.3 Å². The molecule has 0 aromatic heterocycles. The van der Waals surface area contributed by atoms with Gasteiger partial charge in [-0.15, -0.1) is 0 Å². The van der Waals surface area contributed by atoms with Gasteiger partial charge in [-0.1, -0.05) is 36.4 Å². The third kappa shape index (κ3) is 4.26. The molecule has 0 radical (unpaired) electrons. The maximum Gasteiger partial charge on any atom is 0.289 e. The monoisotopic (exact) mass is 451 g/mol. The number of amides is 1. The zero-order chi connectivity index (χ0) is 23.5.